The Balaban J connectivity index is 0.000000212. The molecule has 2 saturated carbocycles. The van der Waals surface area contributed by atoms with Gasteiger partial charge in [0, 0.05) is 78.6 Å². The van der Waals surface area contributed by atoms with Crippen molar-refractivity contribution in [3.05, 3.63) is 142 Å². The van der Waals surface area contributed by atoms with Gasteiger partial charge in [-0.15, -0.1) is 0 Å². The quantitative estimate of drug-likeness (QED) is 0.0536. The van der Waals surface area contributed by atoms with E-state index in [4.69, 9.17) is 0 Å². The van der Waals surface area contributed by atoms with Crippen molar-refractivity contribution in [1.82, 2.24) is 30.4 Å². The number of aromatic nitrogens is 2. The lowest BCUT2D eigenvalue weighted by Crippen LogP contribution is -2.50. The molecule has 2 aliphatic rings. The van der Waals surface area contributed by atoms with Crippen LogP contribution in [0.5, 0.6) is 0 Å². The number of hydrogen-bond acceptors (Lipinski definition) is 10. The monoisotopic (exact) mass is 994 g/mol. The van der Waals surface area contributed by atoms with Crippen LogP contribution in [0.4, 0.5) is 11.4 Å². The van der Waals surface area contributed by atoms with Gasteiger partial charge in [0.1, 0.15) is 23.5 Å². The molecule has 0 bridgehead atoms. The molecule has 6 atom stereocenters. The van der Waals surface area contributed by atoms with Gasteiger partial charge in [0.25, 0.3) is 17.5 Å². The Morgan fingerprint density at radius 3 is 1.44 bits per heavy atom. The normalized spacial score (nSPS) is 18.5. The molecule has 6 aromatic rings. The third-order valence-electron chi connectivity index (χ3n) is 13.4. The maximum atomic E-state index is 13.2. The molecule has 0 radical (unpaired) electrons. The number of para-hydroxylation sites is 2. The standard InChI is InChI=1S/C27H31N5O4S.C26H27N5O4/c1-32-24-10-6-3-7-19(24)16-25(32)27(34)30-23-9-5-4-8-22(23)26(33)29-21(17-28)15-18-11-13-20(14-12-18)31-37(2,35)36;1-30-23-9-5-2-6-18(23)15-24(30)26(33)29-22-8-4-3-7-21(22)25(32)28-19(16-27)14-17-10-12-20(13-11-17)31(34)35/h3,6-7,10-14,16,21-23,31H,4-5,8-9,15H2,1-2H3,(H,29,33)(H,30,34);2,5-6,9-13,15,19,21-22H,3-4,7-8,14H2,1H3,(H,28,32)(H,29,33)/t21-,22+,23-;19-,21+,22-/m00/s1. The molecule has 5 N–H and O–H groups in total. The number of non-ortho nitro benzene ring substituents is 1. The van der Waals surface area contributed by atoms with E-state index in [1.807, 2.05) is 83.9 Å². The molecule has 2 fully saturated rings. The Kier molecular flexibility index (Phi) is 16.7. The van der Waals surface area contributed by atoms with Crippen molar-refractivity contribution >= 4 is 66.8 Å². The number of nitro benzene ring substituents is 1. The summed E-state index contributed by atoms with van der Waals surface area (Å²) in [7, 11) is 0.318. The number of nitrogens with one attached hydrogen (secondary N) is 5. The number of carbonyl (C=O) groups is 4. The van der Waals surface area contributed by atoms with Gasteiger partial charge < -0.3 is 30.4 Å². The lowest BCUT2D eigenvalue weighted by atomic mass is 9.83. The number of nitro groups is 1. The van der Waals surface area contributed by atoms with Crippen LogP contribution in [-0.2, 0) is 46.5 Å². The first-order chi connectivity index (χ1) is 34.5. The number of amides is 4. The van der Waals surface area contributed by atoms with Crippen molar-refractivity contribution in [3.8, 4) is 12.1 Å². The van der Waals surface area contributed by atoms with E-state index in [1.165, 1.54) is 12.1 Å². The molecule has 0 unspecified atom stereocenters. The number of benzene rings is 4. The van der Waals surface area contributed by atoms with E-state index in [9.17, 15) is 48.2 Å². The molecule has 2 heterocycles. The first-order valence-corrected chi connectivity index (χ1v) is 25.8. The van der Waals surface area contributed by atoms with Crippen molar-refractivity contribution in [3.63, 3.8) is 0 Å². The van der Waals surface area contributed by atoms with Crippen LogP contribution in [0.25, 0.3) is 21.8 Å². The number of nitriles is 2. The van der Waals surface area contributed by atoms with Crippen LogP contribution in [0.1, 0.15) is 83.5 Å². The third kappa shape index (κ3) is 13.0. The Morgan fingerprint density at radius 2 is 1.06 bits per heavy atom. The van der Waals surface area contributed by atoms with Gasteiger partial charge in [-0.2, -0.15) is 10.5 Å². The number of aryl methyl sites for hydroxylation is 2. The molecular weight excluding hydrogens is 937 g/mol. The second-order valence-corrected chi connectivity index (χ2v) is 20.3. The second-order valence-electron chi connectivity index (χ2n) is 18.5. The van der Waals surface area contributed by atoms with Crippen LogP contribution < -0.4 is 26.0 Å². The number of rotatable bonds is 15. The van der Waals surface area contributed by atoms with Crippen LogP contribution in [0, 0.1) is 44.6 Å². The molecule has 18 nitrogen and oxygen atoms in total. The molecule has 0 spiro atoms. The first-order valence-electron chi connectivity index (χ1n) is 23.9. The summed E-state index contributed by atoms with van der Waals surface area (Å²) in [5.41, 5.74) is 4.88. The molecule has 4 aromatic carbocycles. The fraction of sp³-hybridized carbons (Fsp3) is 0.358. The zero-order valence-corrected chi connectivity index (χ0v) is 41.2. The average molecular weight is 995 g/mol. The maximum Gasteiger partial charge on any atom is 0.269 e. The third-order valence-corrected chi connectivity index (χ3v) is 14.0. The van der Waals surface area contributed by atoms with E-state index in [1.54, 1.807) is 36.4 Å². The smallest absolute Gasteiger partial charge is 0.269 e. The van der Waals surface area contributed by atoms with Gasteiger partial charge >= 0.3 is 0 Å². The van der Waals surface area contributed by atoms with Crippen molar-refractivity contribution in [2.45, 2.75) is 88.4 Å². The van der Waals surface area contributed by atoms with E-state index in [0.29, 0.717) is 48.3 Å². The largest absolute Gasteiger partial charge is 0.347 e. The second kappa shape index (κ2) is 23.3. The Bertz CT molecular complexity index is 3150. The van der Waals surface area contributed by atoms with Gasteiger partial charge in [0.15, 0.2) is 0 Å². The van der Waals surface area contributed by atoms with Crippen molar-refractivity contribution in [2.24, 2.45) is 25.9 Å². The first kappa shape index (κ1) is 51.8. The zero-order valence-electron chi connectivity index (χ0n) is 40.3. The minimum absolute atomic E-state index is 0.0294. The summed E-state index contributed by atoms with van der Waals surface area (Å²) in [6, 6.07) is 33.9. The zero-order chi connectivity index (χ0) is 51.5. The minimum atomic E-state index is -3.38. The molecule has 19 heteroatoms. The average Bonchev–Trinajstić information content (AvgIpc) is 3.90. The van der Waals surface area contributed by atoms with Crippen molar-refractivity contribution in [1.29, 1.82) is 10.5 Å². The summed E-state index contributed by atoms with van der Waals surface area (Å²) >= 11 is 0. The Morgan fingerprint density at radius 1 is 0.653 bits per heavy atom. The summed E-state index contributed by atoms with van der Waals surface area (Å²) in [5, 5.41) is 43.8. The van der Waals surface area contributed by atoms with E-state index >= 15 is 0 Å². The fourth-order valence-electron chi connectivity index (χ4n) is 9.70. The van der Waals surface area contributed by atoms with Crippen molar-refractivity contribution < 1.29 is 32.5 Å². The van der Waals surface area contributed by atoms with Crippen molar-refractivity contribution in [2.75, 3.05) is 11.0 Å². The Labute approximate surface area is 418 Å². The highest BCUT2D eigenvalue weighted by Gasteiger charge is 2.35. The molecule has 2 aromatic heterocycles. The molecule has 374 valence electrons. The predicted molar refractivity (Wildman–Crippen MR) is 273 cm³/mol. The maximum absolute atomic E-state index is 13.2. The number of anilines is 1. The molecule has 0 aliphatic heterocycles. The highest BCUT2D eigenvalue weighted by atomic mass is 32.2. The number of fused-ring (bicyclic) bond motifs is 2. The Hall–Kier alpha value is -8.03. The number of hydrogen-bond donors (Lipinski definition) is 5. The summed E-state index contributed by atoms with van der Waals surface area (Å²) in [4.78, 5) is 62.9. The highest BCUT2D eigenvalue weighted by molar-refractivity contribution is 7.92. The van der Waals surface area contributed by atoms with Crippen LogP contribution in [0.3, 0.4) is 0 Å². The van der Waals surface area contributed by atoms with Gasteiger partial charge in [0.2, 0.25) is 21.8 Å². The molecule has 2 aliphatic carbocycles. The SMILES string of the molecule is Cn1c(C(=O)N[C@H]2CCCC[C@H]2C(=O)N[C@H](C#N)Cc2ccc(NS(C)(=O)=O)cc2)cc2ccccc21.Cn1c(C(=O)N[C@H]2CCCC[C@H]2C(=O)N[C@H](C#N)Cc2ccc([N+](=O)[O-])cc2)cc2ccccc21. The minimum Gasteiger partial charge on any atom is -0.347 e. The van der Waals surface area contributed by atoms with Crippen LogP contribution >= 0.6 is 0 Å². The van der Waals surface area contributed by atoms with Gasteiger partial charge in [-0.05, 0) is 73.2 Å². The summed E-state index contributed by atoms with van der Waals surface area (Å²) in [5.74, 6) is -1.82. The van der Waals surface area contributed by atoms with Gasteiger partial charge in [-0.1, -0.05) is 86.3 Å². The molecule has 4 amide bonds. The lowest BCUT2D eigenvalue weighted by Gasteiger charge is -2.32. The molecule has 0 saturated heterocycles. The number of carbonyl (C=O) groups excluding carboxylic acids is 4. The highest BCUT2D eigenvalue weighted by Crippen LogP contribution is 2.28. The molecule has 8 rings (SSSR count). The van der Waals surface area contributed by atoms with E-state index in [-0.39, 0.29) is 54.2 Å². The summed E-state index contributed by atoms with van der Waals surface area (Å²) < 4.78 is 28.9. The van der Waals surface area contributed by atoms with Crippen LogP contribution in [-0.4, -0.2) is 76.5 Å². The van der Waals surface area contributed by atoms with Gasteiger partial charge in [-0.25, -0.2) is 8.42 Å². The van der Waals surface area contributed by atoms with E-state index in [2.05, 4.69) is 38.1 Å². The van der Waals surface area contributed by atoms with Gasteiger partial charge in [-0.3, -0.25) is 34.0 Å². The number of nitrogens with zero attached hydrogens (tertiary/aromatic N) is 5. The van der Waals surface area contributed by atoms with Crippen LogP contribution in [0.2, 0.25) is 0 Å². The predicted octanol–water partition coefficient (Wildman–Crippen LogP) is 6.72. The summed E-state index contributed by atoms with van der Waals surface area (Å²) in [6.45, 7) is 0. The molecular formula is C53H58N10O8S. The van der Waals surface area contributed by atoms with E-state index in [0.717, 1.165) is 59.3 Å². The summed E-state index contributed by atoms with van der Waals surface area (Å²) in [6.07, 6.45) is 7.81. The lowest BCUT2D eigenvalue weighted by molar-refractivity contribution is -0.384. The van der Waals surface area contributed by atoms with E-state index < -0.39 is 38.9 Å². The molecule has 72 heavy (non-hydrogen) atoms. The topological polar surface area (TPSA) is 263 Å². The fourth-order valence-corrected chi connectivity index (χ4v) is 10.3. The van der Waals surface area contributed by atoms with Gasteiger partial charge in [0.05, 0.1) is 35.2 Å². The van der Waals surface area contributed by atoms with Crippen LogP contribution in [0.15, 0.2) is 109 Å². The number of sulfonamides is 1.